The quantitative estimate of drug-likeness (QED) is 0.150. The second kappa shape index (κ2) is 14.4. The van der Waals surface area contributed by atoms with Crippen LogP contribution in [0.25, 0.3) is 33.4 Å². The van der Waals surface area contributed by atoms with E-state index >= 15 is 0 Å². The molecule has 0 saturated heterocycles. The van der Waals surface area contributed by atoms with Crippen molar-refractivity contribution in [3.8, 4) is 33.4 Å². The monoisotopic (exact) mass is 670 g/mol. The van der Waals surface area contributed by atoms with Crippen molar-refractivity contribution < 1.29 is 0 Å². The van der Waals surface area contributed by atoms with Crippen molar-refractivity contribution in [3.63, 3.8) is 0 Å². The van der Waals surface area contributed by atoms with Gasteiger partial charge in [-0.05, 0) is 83.4 Å². The van der Waals surface area contributed by atoms with E-state index in [0.717, 1.165) is 67.5 Å². The Bertz CT molecular complexity index is 2350. The number of nitrogen functional groups attached to an aromatic ring is 2. The summed E-state index contributed by atoms with van der Waals surface area (Å²) in [4.78, 5) is 4.65. The van der Waals surface area contributed by atoms with Gasteiger partial charge >= 0.3 is 0 Å². The van der Waals surface area contributed by atoms with Crippen LogP contribution in [-0.4, -0.2) is 0 Å². The van der Waals surface area contributed by atoms with Gasteiger partial charge in [-0.2, -0.15) is 0 Å². The van der Waals surface area contributed by atoms with Crippen LogP contribution in [0.1, 0.15) is 0 Å². The van der Waals surface area contributed by atoms with Gasteiger partial charge in [0.15, 0.2) is 0 Å². The third kappa shape index (κ3) is 6.14. The number of anilines is 8. The number of hydrogen-bond donors (Lipinski definition) is 2. The number of hydrogen-bond acceptors (Lipinski definition) is 4. The maximum atomic E-state index is 6.82. The normalized spacial score (nSPS) is 10.8. The molecule has 0 atom stereocenters. The highest BCUT2D eigenvalue weighted by atomic mass is 15.1. The van der Waals surface area contributed by atoms with Crippen LogP contribution in [0, 0.1) is 0 Å². The molecule has 8 aromatic carbocycles. The van der Waals surface area contributed by atoms with Gasteiger partial charge in [-0.25, -0.2) is 0 Å². The molecule has 0 heterocycles. The molecule has 52 heavy (non-hydrogen) atoms. The van der Waals surface area contributed by atoms with E-state index in [9.17, 15) is 0 Å². The number of nitrogens with two attached hydrogens (primary N) is 2. The molecule has 8 rings (SSSR count). The lowest BCUT2D eigenvalue weighted by Crippen LogP contribution is -2.12. The molecule has 0 spiro atoms. The van der Waals surface area contributed by atoms with Gasteiger partial charge in [-0.3, -0.25) is 0 Å². The van der Waals surface area contributed by atoms with Gasteiger partial charge in [-0.1, -0.05) is 140 Å². The van der Waals surface area contributed by atoms with E-state index in [4.69, 9.17) is 11.5 Å². The molecule has 0 aliphatic rings. The Morgan fingerprint density at radius 3 is 1.08 bits per heavy atom. The molecule has 8 aromatic rings. The molecule has 0 aromatic heterocycles. The van der Waals surface area contributed by atoms with Gasteiger partial charge < -0.3 is 21.3 Å². The summed E-state index contributed by atoms with van der Waals surface area (Å²) in [6.07, 6.45) is 0. The topological polar surface area (TPSA) is 58.5 Å². The maximum absolute atomic E-state index is 6.82. The molecule has 0 aliphatic carbocycles. The Balaban J connectivity index is 1.45. The van der Waals surface area contributed by atoms with Crippen molar-refractivity contribution in [3.05, 3.63) is 206 Å². The number of nitrogens with zero attached hydrogens (tertiary/aromatic N) is 2. The second-order valence-corrected chi connectivity index (χ2v) is 12.6. The lowest BCUT2D eigenvalue weighted by molar-refractivity contribution is 1.28. The number of rotatable bonds is 9. The van der Waals surface area contributed by atoms with E-state index in [1.54, 1.807) is 0 Å². The smallest absolute Gasteiger partial charge is 0.0627 e. The molecule has 0 bridgehead atoms. The minimum Gasteiger partial charge on any atom is -0.397 e. The first-order valence-electron chi connectivity index (χ1n) is 17.5. The van der Waals surface area contributed by atoms with Gasteiger partial charge in [0, 0.05) is 39.4 Å². The van der Waals surface area contributed by atoms with Crippen LogP contribution in [0.3, 0.4) is 0 Å². The highest BCUT2D eigenvalue weighted by Crippen LogP contribution is 2.50. The molecule has 4 nitrogen and oxygen atoms in total. The summed E-state index contributed by atoms with van der Waals surface area (Å²) in [5.74, 6) is 0. The highest BCUT2D eigenvalue weighted by molar-refractivity contribution is 6.05. The molecular formula is C48H38N4. The maximum Gasteiger partial charge on any atom is 0.0627 e. The summed E-state index contributed by atoms with van der Waals surface area (Å²) in [6.45, 7) is 0. The van der Waals surface area contributed by atoms with E-state index in [1.165, 1.54) is 0 Å². The minimum absolute atomic E-state index is 0.553. The third-order valence-electron chi connectivity index (χ3n) is 9.40. The van der Waals surface area contributed by atoms with Gasteiger partial charge in [0.25, 0.3) is 0 Å². The van der Waals surface area contributed by atoms with Gasteiger partial charge in [0.05, 0.1) is 22.7 Å². The van der Waals surface area contributed by atoms with Crippen molar-refractivity contribution in [1.29, 1.82) is 0 Å². The average Bonchev–Trinajstić information content (AvgIpc) is 3.21. The van der Waals surface area contributed by atoms with Crippen molar-refractivity contribution in [1.82, 2.24) is 0 Å². The van der Waals surface area contributed by atoms with Crippen molar-refractivity contribution >= 4 is 45.5 Å². The van der Waals surface area contributed by atoms with Gasteiger partial charge in [-0.15, -0.1) is 0 Å². The fourth-order valence-corrected chi connectivity index (χ4v) is 7.05. The van der Waals surface area contributed by atoms with Crippen molar-refractivity contribution in [2.24, 2.45) is 0 Å². The van der Waals surface area contributed by atoms with Crippen LogP contribution in [0.4, 0.5) is 45.5 Å². The fraction of sp³-hybridized carbons (Fsp3) is 0. The molecule has 0 unspecified atom stereocenters. The Morgan fingerprint density at radius 2 is 0.596 bits per heavy atom. The molecule has 0 amide bonds. The SMILES string of the molecule is Nc1cccc(-c2cccc(-c3ccccc3N(c3ccccc3)c3ccccc3)c2-c2ccccc2N(c2ccccc2)c2ccccc2)c1N. The summed E-state index contributed by atoms with van der Waals surface area (Å²) in [7, 11) is 0. The van der Waals surface area contributed by atoms with Crippen LogP contribution >= 0.6 is 0 Å². The first-order valence-corrected chi connectivity index (χ1v) is 17.5. The summed E-state index contributed by atoms with van der Waals surface area (Å²) in [6, 6.07) is 71.8. The van der Waals surface area contributed by atoms with Crippen LogP contribution in [0.2, 0.25) is 0 Å². The molecule has 0 fully saturated rings. The lowest BCUT2D eigenvalue weighted by Gasteiger charge is -2.31. The van der Waals surface area contributed by atoms with Crippen LogP contribution in [0.5, 0.6) is 0 Å². The molecular weight excluding hydrogens is 633 g/mol. The Morgan fingerprint density at radius 1 is 0.269 bits per heavy atom. The molecule has 0 saturated carbocycles. The molecule has 4 heteroatoms. The Labute approximate surface area is 305 Å². The van der Waals surface area contributed by atoms with E-state index in [-0.39, 0.29) is 0 Å². The van der Waals surface area contributed by atoms with E-state index in [1.807, 2.05) is 12.1 Å². The zero-order chi connectivity index (χ0) is 35.3. The first-order chi connectivity index (χ1) is 25.7. The Hall–Kier alpha value is -7.04. The lowest BCUT2D eigenvalue weighted by atomic mass is 9.85. The van der Waals surface area contributed by atoms with Crippen LogP contribution in [0.15, 0.2) is 206 Å². The van der Waals surface area contributed by atoms with Gasteiger partial charge in [0.2, 0.25) is 0 Å². The van der Waals surface area contributed by atoms with Gasteiger partial charge in [0.1, 0.15) is 0 Å². The average molecular weight is 671 g/mol. The standard InChI is InChI=1S/C48H38N4/c49-44-32-18-31-42(48(44)50)41-30-17-29-40(39-27-13-15-33-45(39)51(35-19-5-1-6-20-35)36-21-7-2-8-22-36)47(41)43-28-14-16-34-46(43)52(37-23-9-3-10-24-37)38-25-11-4-12-26-38/h1-34H,49-50H2. The Kier molecular flexibility index (Phi) is 8.94. The summed E-state index contributed by atoms with van der Waals surface area (Å²) >= 11 is 0. The predicted molar refractivity (Wildman–Crippen MR) is 221 cm³/mol. The molecule has 4 N–H and O–H groups in total. The largest absolute Gasteiger partial charge is 0.397 e. The summed E-state index contributed by atoms with van der Waals surface area (Å²) in [5.41, 5.74) is 26.9. The zero-order valence-electron chi connectivity index (χ0n) is 28.7. The predicted octanol–water partition coefficient (Wildman–Crippen LogP) is 12.8. The van der Waals surface area contributed by atoms with E-state index in [2.05, 4.69) is 204 Å². The van der Waals surface area contributed by atoms with Crippen molar-refractivity contribution in [2.75, 3.05) is 21.3 Å². The van der Waals surface area contributed by atoms with E-state index < -0.39 is 0 Å². The summed E-state index contributed by atoms with van der Waals surface area (Å²) < 4.78 is 0. The minimum atomic E-state index is 0.553. The zero-order valence-corrected chi connectivity index (χ0v) is 28.7. The second-order valence-electron chi connectivity index (χ2n) is 12.6. The van der Waals surface area contributed by atoms with Crippen LogP contribution in [-0.2, 0) is 0 Å². The van der Waals surface area contributed by atoms with E-state index in [0.29, 0.717) is 11.4 Å². The number of para-hydroxylation sites is 7. The molecule has 250 valence electrons. The highest BCUT2D eigenvalue weighted by Gasteiger charge is 2.25. The third-order valence-corrected chi connectivity index (χ3v) is 9.40. The fourth-order valence-electron chi connectivity index (χ4n) is 7.05. The van der Waals surface area contributed by atoms with Crippen LogP contribution < -0.4 is 21.3 Å². The summed E-state index contributed by atoms with van der Waals surface area (Å²) in [5, 5.41) is 0. The first kappa shape index (κ1) is 32.2. The van der Waals surface area contributed by atoms with Crippen molar-refractivity contribution in [2.45, 2.75) is 0 Å². The number of benzene rings is 8. The molecule has 0 aliphatic heterocycles. The molecule has 0 radical (unpaired) electrons.